The zero-order valence-corrected chi connectivity index (χ0v) is 20.1. The highest BCUT2D eigenvalue weighted by molar-refractivity contribution is 5.25. The van der Waals surface area contributed by atoms with Crippen molar-refractivity contribution in [2.45, 2.75) is 117 Å². The van der Waals surface area contributed by atoms with Crippen LogP contribution in [0.4, 0.5) is 0 Å². The highest BCUT2D eigenvalue weighted by Gasteiger charge is 2.58. The molecule has 0 aromatic heterocycles. The van der Waals surface area contributed by atoms with Crippen LogP contribution in [0.25, 0.3) is 0 Å². The van der Waals surface area contributed by atoms with Gasteiger partial charge in [0.1, 0.15) is 0 Å². The molecule has 0 aromatic carbocycles. The van der Waals surface area contributed by atoms with Gasteiger partial charge in [-0.15, -0.1) is 0 Å². The van der Waals surface area contributed by atoms with E-state index >= 15 is 0 Å². The molecule has 4 rings (SSSR count). The summed E-state index contributed by atoms with van der Waals surface area (Å²) in [6, 6.07) is 0. The molecule has 3 nitrogen and oxygen atoms in total. The summed E-state index contributed by atoms with van der Waals surface area (Å²) in [7, 11) is 0. The van der Waals surface area contributed by atoms with Crippen LogP contribution in [0.2, 0.25) is 0 Å². The molecule has 0 spiro atoms. The highest BCUT2D eigenvalue weighted by Crippen LogP contribution is 2.66. The van der Waals surface area contributed by atoms with E-state index in [4.69, 9.17) is 5.11 Å². The molecule has 0 radical (unpaired) electrons. The largest absolute Gasteiger partial charge is 0.396 e. The Hall–Kier alpha value is -0.380. The van der Waals surface area contributed by atoms with Crippen molar-refractivity contribution < 1.29 is 15.3 Å². The molecule has 4 aliphatic carbocycles. The Morgan fingerprint density at radius 3 is 2.53 bits per heavy atom. The number of aliphatic hydroxyl groups excluding tert-OH is 3. The molecule has 3 saturated carbocycles. The van der Waals surface area contributed by atoms with E-state index in [1.54, 1.807) is 5.57 Å². The normalized spacial score (nSPS) is 43.4. The third kappa shape index (κ3) is 4.41. The first kappa shape index (κ1) is 24.3. The van der Waals surface area contributed by atoms with Crippen molar-refractivity contribution in [2.24, 2.45) is 34.5 Å². The van der Waals surface area contributed by atoms with Crippen LogP contribution in [0.1, 0.15) is 105 Å². The Morgan fingerprint density at radius 2 is 1.80 bits per heavy atom. The minimum absolute atomic E-state index is 0.0960. The Labute approximate surface area is 185 Å². The van der Waals surface area contributed by atoms with E-state index in [2.05, 4.69) is 19.9 Å². The second kappa shape index (κ2) is 10.0. The molecule has 3 fully saturated rings. The molecule has 30 heavy (non-hydrogen) atoms. The average molecular weight is 421 g/mol. The summed E-state index contributed by atoms with van der Waals surface area (Å²) in [5.74, 6) is 3.34. The van der Waals surface area contributed by atoms with Gasteiger partial charge in [0.25, 0.3) is 0 Å². The number of allylic oxidation sites excluding steroid dienone is 1. The maximum atomic E-state index is 10.2. The molecule has 0 bridgehead atoms. The van der Waals surface area contributed by atoms with E-state index in [0.717, 1.165) is 49.4 Å². The van der Waals surface area contributed by atoms with Crippen LogP contribution in [0.5, 0.6) is 0 Å². The fraction of sp³-hybridized carbons (Fsp3) is 0.926. The van der Waals surface area contributed by atoms with Crippen molar-refractivity contribution in [2.75, 3.05) is 6.61 Å². The van der Waals surface area contributed by atoms with Crippen LogP contribution >= 0.6 is 0 Å². The van der Waals surface area contributed by atoms with E-state index in [9.17, 15) is 10.2 Å². The van der Waals surface area contributed by atoms with Crippen molar-refractivity contribution >= 4 is 0 Å². The molecule has 0 saturated heterocycles. The van der Waals surface area contributed by atoms with Gasteiger partial charge in [-0.1, -0.05) is 45.8 Å². The molecule has 0 amide bonds. The second-order valence-electron chi connectivity index (χ2n) is 11.1. The lowest BCUT2D eigenvalue weighted by Gasteiger charge is -2.58. The van der Waals surface area contributed by atoms with Gasteiger partial charge in [-0.3, -0.25) is 0 Å². The van der Waals surface area contributed by atoms with Crippen molar-refractivity contribution in [3.8, 4) is 0 Å². The first-order chi connectivity index (χ1) is 14.4. The molecule has 8 unspecified atom stereocenters. The molecule has 3 N–H and O–H groups in total. The fourth-order valence-electron chi connectivity index (χ4n) is 8.12. The molecule has 8 atom stereocenters. The van der Waals surface area contributed by atoms with Gasteiger partial charge in [-0.05, 0) is 105 Å². The van der Waals surface area contributed by atoms with Crippen LogP contribution in [-0.4, -0.2) is 34.1 Å². The number of hydrogen-bond donors (Lipinski definition) is 3. The summed E-state index contributed by atoms with van der Waals surface area (Å²) < 4.78 is 0. The predicted octanol–water partition coefficient (Wildman–Crippen LogP) is 5.87. The van der Waals surface area contributed by atoms with E-state index in [1.165, 1.54) is 44.9 Å². The van der Waals surface area contributed by atoms with Crippen molar-refractivity contribution in [3.05, 3.63) is 11.6 Å². The number of fused-ring (bicyclic) bond motifs is 5. The lowest BCUT2D eigenvalue weighted by Crippen LogP contribution is -2.50. The van der Waals surface area contributed by atoms with Gasteiger partial charge in [0.05, 0.1) is 12.2 Å². The number of aliphatic hydroxyl groups is 3. The fourth-order valence-corrected chi connectivity index (χ4v) is 8.12. The van der Waals surface area contributed by atoms with Crippen LogP contribution in [0, 0.1) is 34.5 Å². The van der Waals surface area contributed by atoms with Gasteiger partial charge in [0, 0.05) is 6.61 Å². The highest BCUT2D eigenvalue weighted by atomic mass is 16.3. The van der Waals surface area contributed by atoms with Crippen LogP contribution < -0.4 is 0 Å². The minimum atomic E-state index is -0.325. The SMILES string of the molecule is CC.CC12CCC(O)CC1=CCC1C2CCC2(C)C(CCCC(O)CCO)CCC12. The summed E-state index contributed by atoms with van der Waals surface area (Å²) in [5, 5.41) is 29.1. The number of hydrogen-bond acceptors (Lipinski definition) is 3. The summed E-state index contributed by atoms with van der Waals surface area (Å²) in [6.45, 7) is 9.19. The van der Waals surface area contributed by atoms with Crippen LogP contribution in [0.3, 0.4) is 0 Å². The maximum Gasteiger partial charge on any atom is 0.0577 e. The summed E-state index contributed by atoms with van der Waals surface area (Å²) in [6.07, 6.45) is 15.6. The topological polar surface area (TPSA) is 60.7 Å². The minimum Gasteiger partial charge on any atom is -0.396 e. The molecule has 0 aliphatic heterocycles. The third-order valence-electron chi connectivity index (χ3n) is 9.83. The third-order valence-corrected chi connectivity index (χ3v) is 9.83. The summed E-state index contributed by atoms with van der Waals surface area (Å²) in [4.78, 5) is 0. The lowest BCUT2D eigenvalue weighted by atomic mass is 9.47. The first-order valence-corrected chi connectivity index (χ1v) is 13.0. The zero-order chi connectivity index (χ0) is 21.9. The first-order valence-electron chi connectivity index (χ1n) is 13.0. The Bertz CT molecular complexity index is 587. The van der Waals surface area contributed by atoms with Gasteiger partial charge < -0.3 is 15.3 Å². The van der Waals surface area contributed by atoms with Crippen LogP contribution in [0.15, 0.2) is 11.6 Å². The van der Waals surface area contributed by atoms with Gasteiger partial charge in [0.2, 0.25) is 0 Å². The molecule has 3 heteroatoms. The molecule has 0 heterocycles. The zero-order valence-electron chi connectivity index (χ0n) is 20.1. The van der Waals surface area contributed by atoms with Crippen LogP contribution in [-0.2, 0) is 0 Å². The molecule has 4 aliphatic rings. The quantitative estimate of drug-likeness (QED) is 0.471. The van der Waals surface area contributed by atoms with E-state index in [1.807, 2.05) is 13.8 Å². The van der Waals surface area contributed by atoms with E-state index < -0.39 is 0 Å². The van der Waals surface area contributed by atoms with Crippen molar-refractivity contribution in [1.29, 1.82) is 0 Å². The average Bonchev–Trinajstić information content (AvgIpc) is 3.07. The summed E-state index contributed by atoms with van der Waals surface area (Å²) in [5.41, 5.74) is 2.40. The van der Waals surface area contributed by atoms with Gasteiger partial charge in [-0.25, -0.2) is 0 Å². The summed E-state index contributed by atoms with van der Waals surface area (Å²) >= 11 is 0. The monoisotopic (exact) mass is 420 g/mol. The van der Waals surface area contributed by atoms with Gasteiger partial charge >= 0.3 is 0 Å². The van der Waals surface area contributed by atoms with Crippen molar-refractivity contribution in [3.63, 3.8) is 0 Å². The second-order valence-corrected chi connectivity index (χ2v) is 11.1. The predicted molar refractivity (Wildman–Crippen MR) is 124 cm³/mol. The standard InChI is InChI=1S/C25H42O3.C2H6/c1-24-14-11-23-21(8-6-18-16-20(28)10-13-25(18,23)2)22(24)9-7-17(24)4-3-5-19(27)12-15-26;1-2/h6,17,19-23,26-28H,3-5,7-16H2,1-2H3;1-2H3. The number of rotatable bonds is 6. The molecule has 0 aromatic rings. The van der Waals surface area contributed by atoms with Gasteiger partial charge in [0.15, 0.2) is 0 Å². The molecule has 174 valence electrons. The smallest absolute Gasteiger partial charge is 0.0577 e. The van der Waals surface area contributed by atoms with Gasteiger partial charge in [-0.2, -0.15) is 0 Å². The van der Waals surface area contributed by atoms with E-state index in [0.29, 0.717) is 17.3 Å². The Morgan fingerprint density at radius 1 is 1.03 bits per heavy atom. The Balaban J connectivity index is 0.00000124. The van der Waals surface area contributed by atoms with E-state index in [-0.39, 0.29) is 18.8 Å². The Kier molecular flexibility index (Phi) is 8.13. The van der Waals surface area contributed by atoms with Crippen molar-refractivity contribution in [1.82, 2.24) is 0 Å². The molecular formula is C27H48O3. The molecular weight excluding hydrogens is 372 g/mol. The maximum absolute atomic E-state index is 10.2. The lowest BCUT2D eigenvalue weighted by molar-refractivity contribution is -0.0511.